The van der Waals surface area contributed by atoms with Crippen LogP contribution in [0.3, 0.4) is 0 Å². The summed E-state index contributed by atoms with van der Waals surface area (Å²) in [6.07, 6.45) is 3.41. The van der Waals surface area contributed by atoms with Crippen molar-refractivity contribution in [1.82, 2.24) is 14.9 Å². The van der Waals surface area contributed by atoms with Crippen LogP contribution in [0, 0.1) is 6.92 Å². The second-order valence-corrected chi connectivity index (χ2v) is 3.51. The fourth-order valence-corrected chi connectivity index (χ4v) is 1.54. The van der Waals surface area contributed by atoms with Crippen LogP contribution in [0.15, 0.2) is 6.20 Å². The van der Waals surface area contributed by atoms with Crippen LogP contribution in [0.1, 0.15) is 18.5 Å². The number of carbonyl (C=O) groups is 1. The van der Waals surface area contributed by atoms with Crippen molar-refractivity contribution in [1.29, 1.82) is 0 Å². The number of H-pyrrole nitrogens is 1. The number of hydrogen-bond donors (Lipinski definition) is 2. The monoisotopic (exact) mass is 194 g/mol. The number of nitrogens with zero attached hydrogens (tertiary/aromatic N) is 2. The van der Waals surface area contributed by atoms with Gasteiger partial charge >= 0.3 is 0 Å². The van der Waals surface area contributed by atoms with Crippen LogP contribution in [0.4, 0.5) is 5.95 Å². The summed E-state index contributed by atoms with van der Waals surface area (Å²) in [6.45, 7) is 3.34. The highest BCUT2D eigenvalue weighted by molar-refractivity contribution is 5.78. The molecule has 5 heteroatoms. The summed E-state index contributed by atoms with van der Waals surface area (Å²) in [6, 6.07) is 0. The molecule has 1 amide bonds. The fraction of sp³-hybridized carbons (Fsp3) is 0.556. The van der Waals surface area contributed by atoms with Crippen LogP contribution in [-0.2, 0) is 4.79 Å². The normalized spacial score (nSPS) is 16.4. The van der Waals surface area contributed by atoms with Crippen molar-refractivity contribution in [3.05, 3.63) is 11.9 Å². The summed E-state index contributed by atoms with van der Waals surface area (Å²) in [5, 5.41) is 3.08. The molecule has 0 bridgehead atoms. The molecule has 2 N–H and O–H groups in total. The van der Waals surface area contributed by atoms with E-state index in [0.29, 0.717) is 13.1 Å². The molecule has 0 unspecified atom stereocenters. The van der Waals surface area contributed by atoms with Gasteiger partial charge < -0.3 is 15.2 Å². The molecule has 0 atom stereocenters. The summed E-state index contributed by atoms with van der Waals surface area (Å²) in [4.78, 5) is 20.2. The van der Waals surface area contributed by atoms with Gasteiger partial charge in [-0.05, 0) is 13.3 Å². The zero-order chi connectivity index (χ0) is 9.97. The third-order valence-corrected chi connectivity index (χ3v) is 2.31. The van der Waals surface area contributed by atoms with E-state index < -0.39 is 0 Å². The highest BCUT2D eigenvalue weighted by atomic mass is 16.2. The Hall–Kier alpha value is -1.52. The second-order valence-electron chi connectivity index (χ2n) is 3.51. The molecule has 0 aromatic carbocycles. The lowest BCUT2D eigenvalue weighted by Crippen LogP contribution is -2.30. The van der Waals surface area contributed by atoms with E-state index in [1.807, 2.05) is 6.92 Å². The number of aromatic nitrogens is 2. The lowest BCUT2D eigenvalue weighted by molar-refractivity contribution is -0.127. The van der Waals surface area contributed by atoms with Gasteiger partial charge in [-0.2, -0.15) is 0 Å². The van der Waals surface area contributed by atoms with Gasteiger partial charge in [0.15, 0.2) is 0 Å². The highest BCUT2D eigenvalue weighted by Crippen LogP contribution is 2.09. The minimum absolute atomic E-state index is 0.223. The van der Waals surface area contributed by atoms with Gasteiger partial charge in [0.25, 0.3) is 0 Å². The lowest BCUT2D eigenvalue weighted by atomic mass is 10.4. The Balaban J connectivity index is 1.85. The van der Waals surface area contributed by atoms with Gasteiger partial charge in [0.05, 0.1) is 6.67 Å². The van der Waals surface area contributed by atoms with Gasteiger partial charge in [-0.3, -0.25) is 4.79 Å². The number of anilines is 1. The maximum absolute atomic E-state index is 11.3. The number of likely N-dealkylation sites (tertiary alicyclic amines) is 1. The summed E-state index contributed by atoms with van der Waals surface area (Å²) in [5.41, 5.74) is 1.01. The topological polar surface area (TPSA) is 61.0 Å². The molecule has 2 heterocycles. The molecule has 1 fully saturated rings. The molecule has 1 aliphatic rings. The predicted molar refractivity (Wildman–Crippen MR) is 52.8 cm³/mol. The Morgan fingerprint density at radius 3 is 3.14 bits per heavy atom. The number of aryl methyl sites for hydroxylation is 1. The van der Waals surface area contributed by atoms with Gasteiger partial charge in [-0.15, -0.1) is 0 Å². The molecule has 14 heavy (non-hydrogen) atoms. The van der Waals surface area contributed by atoms with Crippen LogP contribution in [0.2, 0.25) is 0 Å². The fourth-order valence-electron chi connectivity index (χ4n) is 1.54. The maximum Gasteiger partial charge on any atom is 0.224 e. The molecular formula is C9H14N4O. The molecule has 76 valence electrons. The molecule has 5 nitrogen and oxygen atoms in total. The van der Waals surface area contributed by atoms with E-state index in [0.717, 1.165) is 24.6 Å². The predicted octanol–water partition coefficient (Wildman–Crippen LogP) is 0.710. The molecule has 1 aromatic heterocycles. The first-order chi connectivity index (χ1) is 6.75. The van der Waals surface area contributed by atoms with E-state index >= 15 is 0 Å². The summed E-state index contributed by atoms with van der Waals surface area (Å²) in [5.74, 6) is 0.947. The molecule has 0 saturated carbocycles. The summed E-state index contributed by atoms with van der Waals surface area (Å²) < 4.78 is 0. The molecule has 1 aliphatic heterocycles. The average molecular weight is 194 g/mol. The maximum atomic E-state index is 11.3. The standard InChI is InChI=1S/C9H14N4O/c1-7-5-10-9(12-7)11-6-13-4-2-3-8(13)14/h5H,2-4,6H2,1H3,(H2,10,11,12). The smallest absolute Gasteiger partial charge is 0.224 e. The van der Waals surface area contributed by atoms with Crippen molar-refractivity contribution < 1.29 is 4.79 Å². The van der Waals surface area contributed by atoms with Crippen LogP contribution in [0.5, 0.6) is 0 Å². The summed E-state index contributed by atoms with van der Waals surface area (Å²) >= 11 is 0. The van der Waals surface area contributed by atoms with Crippen LogP contribution in [0.25, 0.3) is 0 Å². The number of amides is 1. The van der Waals surface area contributed by atoms with E-state index in [9.17, 15) is 4.79 Å². The number of nitrogens with one attached hydrogen (secondary N) is 2. The highest BCUT2D eigenvalue weighted by Gasteiger charge is 2.19. The third kappa shape index (κ3) is 1.86. The van der Waals surface area contributed by atoms with Crippen LogP contribution in [-0.4, -0.2) is 34.0 Å². The van der Waals surface area contributed by atoms with E-state index in [4.69, 9.17) is 0 Å². The zero-order valence-electron chi connectivity index (χ0n) is 8.21. The first kappa shape index (κ1) is 9.05. The van der Waals surface area contributed by atoms with Gasteiger partial charge in [0, 0.05) is 24.9 Å². The van der Waals surface area contributed by atoms with Gasteiger partial charge in [-0.25, -0.2) is 4.98 Å². The zero-order valence-corrected chi connectivity index (χ0v) is 8.21. The Morgan fingerprint density at radius 2 is 2.57 bits per heavy atom. The molecule has 1 saturated heterocycles. The SMILES string of the molecule is Cc1cnc(NCN2CCCC2=O)[nH]1. The second kappa shape index (κ2) is 3.69. The Kier molecular flexibility index (Phi) is 2.39. The van der Waals surface area contributed by atoms with Crippen molar-refractivity contribution in [2.24, 2.45) is 0 Å². The van der Waals surface area contributed by atoms with Crippen molar-refractivity contribution in [3.63, 3.8) is 0 Å². The minimum atomic E-state index is 0.223. The largest absolute Gasteiger partial charge is 0.338 e. The van der Waals surface area contributed by atoms with Crippen molar-refractivity contribution in [3.8, 4) is 0 Å². The molecular weight excluding hydrogens is 180 g/mol. The average Bonchev–Trinajstić information content (AvgIpc) is 2.72. The first-order valence-electron chi connectivity index (χ1n) is 4.79. The number of carbonyl (C=O) groups excluding carboxylic acids is 1. The van der Waals surface area contributed by atoms with Crippen molar-refractivity contribution >= 4 is 11.9 Å². The van der Waals surface area contributed by atoms with E-state index in [1.165, 1.54) is 0 Å². The van der Waals surface area contributed by atoms with Gasteiger partial charge in [0.1, 0.15) is 0 Å². The minimum Gasteiger partial charge on any atom is -0.338 e. The number of rotatable bonds is 3. The van der Waals surface area contributed by atoms with Crippen molar-refractivity contribution in [2.45, 2.75) is 19.8 Å². The van der Waals surface area contributed by atoms with Crippen LogP contribution >= 0.6 is 0 Å². The quantitative estimate of drug-likeness (QED) is 0.745. The Bertz CT molecular complexity index is 333. The number of hydrogen-bond acceptors (Lipinski definition) is 3. The first-order valence-corrected chi connectivity index (χ1v) is 4.79. The Labute approximate surface area is 82.5 Å². The molecule has 0 spiro atoms. The molecule has 0 aliphatic carbocycles. The van der Waals surface area contributed by atoms with Crippen LogP contribution < -0.4 is 5.32 Å². The van der Waals surface area contributed by atoms with Crippen molar-refractivity contribution in [2.75, 3.05) is 18.5 Å². The van der Waals surface area contributed by atoms with E-state index in [2.05, 4.69) is 15.3 Å². The number of aromatic amines is 1. The molecule has 2 rings (SSSR count). The Morgan fingerprint density at radius 1 is 1.71 bits per heavy atom. The van der Waals surface area contributed by atoms with E-state index in [1.54, 1.807) is 11.1 Å². The van der Waals surface area contributed by atoms with E-state index in [-0.39, 0.29) is 5.91 Å². The van der Waals surface area contributed by atoms with Gasteiger partial charge in [0.2, 0.25) is 11.9 Å². The lowest BCUT2D eigenvalue weighted by Gasteiger charge is -2.15. The third-order valence-electron chi connectivity index (χ3n) is 2.31. The molecule has 1 aromatic rings. The number of imidazole rings is 1. The molecule has 0 radical (unpaired) electrons. The van der Waals surface area contributed by atoms with Gasteiger partial charge in [-0.1, -0.05) is 0 Å². The summed E-state index contributed by atoms with van der Waals surface area (Å²) in [7, 11) is 0.